The van der Waals surface area contributed by atoms with Gasteiger partial charge in [-0.2, -0.15) is 0 Å². The molecule has 0 aromatic carbocycles. The largest absolute Gasteiger partial charge is 0.467 e. The molecule has 0 amide bonds. The highest BCUT2D eigenvalue weighted by Gasteiger charge is 2.24. The zero-order valence-electron chi connectivity index (χ0n) is 12.4. The number of nitrogens with zero attached hydrogens (tertiary/aromatic N) is 2. The lowest BCUT2D eigenvalue weighted by Crippen LogP contribution is -2.33. The van der Waals surface area contributed by atoms with Crippen molar-refractivity contribution < 1.29 is 14.6 Å². The maximum atomic E-state index is 12.2. The van der Waals surface area contributed by atoms with Gasteiger partial charge in [-0.05, 0) is 19.3 Å². The average molecular weight is 282 g/mol. The molecule has 0 fully saturated rings. The molecule has 6 nitrogen and oxygen atoms in total. The minimum absolute atomic E-state index is 0.0578. The first kappa shape index (κ1) is 16.4. The lowest BCUT2D eigenvalue weighted by atomic mass is 10.0. The van der Waals surface area contributed by atoms with Gasteiger partial charge in [-0.1, -0.05) is 13.8 Å². The van der Waals surface area contributed by atoms with E-state index >= 15 is 0 Å². The SMILES string of the molecule is COC(=O)[C@H](CC(C)C)n1cc(CCO)nc(C)c1=O. The summed E-state index contributed by atoms with van der Waals surface area (Å²) in [5.74, 6) is -0.206. The summed E-state index contributed by atoms with van der Waals surface area (Å²) in [6, 6.07) is -0.661. The number of rotatable bonds is 6. The van der Waals surface area contributed by atoms with Crippen LogP contribution < -0.4 is 5.56 Å². The number of esters is 1. The van der Waals surface area contributed by atoms with E-state index in [0.29, 0.717) is 24.2 Å². The molecule has 0 aliphatic rings. The normalized spacial score (nSPS) is 12.5. The molecule has 1 rings (SSSR count). The molecule has 1 aromatic heterocycles. The zero-order valence-corrected chi connectivity index (χ0v) is 12.4. The third-order valence-electron chi connectivity index (χ3n) is 3.02. The van der Waals surface area contributed by atoms with E-state index in [2.05, 4.69) is 4.98 Å². The van der Waals surface area contributed by atoms with Gasteiger partial charge in [0, 0.05) is 19.2 Å². The van der Waals surface area contributed by atoms with Crippen LogP contribution in [0, 0.1) is 12.8 Å². The van der Waals surface area contributed by atoms with Crippen molar-refractivity contribution in [2.45, 2.75) is 39.7 Å². The fourth-order valence-electron chi connectivity index (χ4n) is 2.07. The second-order valence-corrected chi connectivity index (χ2v) is 5.17. The highest BCUT2D eigenvalue weighted by atomic mass is 16.5. The Balaban J connectivity index is 3.30. The van der Waals surface area contributed by atoms with Crippen LogP contribution in [0.4, 0.5) is 0 Å². The van der Waals surface area contributed by atoms with E-state index in [-0.39, 0.29) is 18.1 Å². The van der Waals surface area contributed by atoms with Crippen LogP contribution in [0.25, 0.3) is 0 Å². The minimum Gasteiger partial charge on any atom is -0.467 e. The summed E-state index contributed by atoms with van der Waals surface area (Å²) in [5.41, 5.74) is 0.596. The van der Waals surface area contributed by atoms with Crippen LogP contribution >= 0.6 is 0 Å². The number of hydrogen-bond donors (Lipinski definition) is 1. The molecule has 6 heteroatoms. The average Bonchev–Trinajstić information content (AvgIpc) is 2.39. The predicted octanol–water partition coefficient (Wildman–Crippen LogP) is 0.847. The maximum Gasteiger partial charge on any atom is 0.328 e. The summed E-state index contributed by atoms with van der Waals surface area (Å²) in [4.78, 5) is 28.3. The van der Waals surface area contributed by atoms with Crippen molar-refractivity contribution in [3.63, 3.8) is 0 Å². The molecule has 1 heterocycles. The summed E-state index contributed by atoms with van der Waals surface area (Å²) in [6.45, 7) is 5.49. The van der Waals surface area contributed by atoms with Gasteiger partial charge >= 0.3 is 5.97 Å². The molecule has 0 aliphatic carbocycles. The summed E-state index contributed by atoms with van der Waals surface area (Å²) in [5, 5.41) is 8.99. The molecule has 0 spiro atoms. The fourth-order valence-corrected chi connectivity index (χ4v) is 2.07. The molecule has 0 saturated heterocycles. The third-order valence-corrected chi connectivity index (χ3v) is 3.02. The summed E-state index contributed by atoms with van der Waals surface area (Å²) >= 11 is 0. The van der Waals surface area contributed by atoms with E-state index in [0.717, 1.165) is 0 Å². The van der Waals surface area contributed by atoms with Gasteiger partial charge in [0.1, 0.15) is 11.7 Å². The summed E-state index contributed by atoms with van der Waals surface area (Å²) in [6.07, 6.45) is 2.39. The molecular weight excluding hydrogens is 260 g/mol. The molecule has 1 aromatic rings. The molecule has 112 valence electrons. The lowest BCUT2D eigenvalue weighted by molar-refractivity contribution is -0.145. The Bertz CT molecular complexity index is 522. The van der Waals surface area contributed by atoms with E-state index in [4.69, 9.17) is 9.84 Å². The molecule has 0 radical (unpaired) electrons. The number of aliphatic hydroxyl groups is 1. The second kappa shape index (κ2) is 7.19. The second-order valence-electron chi connectivity index (χ2n) is 5.17. The van der Waals surface area contributed by atoms with Crippen molar-refractivity contribution in [1.82, 2.24) is 9.55 Å². The highest BCUT2D eigenvalue weighted by molar-refractivity contribution is 5.74. The van der Waals surface area contributed by atoms with Crippen LogP contribution in [-0.4, -0.2) is 34.3 Å². The van der Waals surface area contributed by atoms with Gasteiger partial charge in [0.2, 0.25) is 0 Å². The summed E-state index contributed by atoms with van der Waals surface area (Å²) < 4.78 is 6.17. The standard InChI is InChI=1S/C14H22N2O4/c1-9(2)7-12(14(19)20-4)16-8-11(5-6-17)15-10(3)13(16)18/h8-9,12,17H,5-7H2,1-4H3/t12-/m0/s1. The Morgan fingerprint density at radius 3 is 2.65 bits per heavy atom. The quantitative estimate of drug-likeness (QED) is 0.782. The first-order valence-electron chi connectivity index (χ1n) is 6.68. The van der Waals surface area contributed by atoms with Crippen LogP contribution in [0.5, 0.6) is 0 Å². The molecule has 0 bridgehead atoms. The molecule has 0 unspecified atom stereocenters. The molecule has 0 aliphatic heterocycles. The number of aryl methyl sites for hydroxylation is 1. The Kier molecular flexibility index (Phi) is 5.88. The molecule has 1 atom stereocenters. The topological polar surface area (TPSA) is 81.4 Å². The maximum absolute atomic E-state index is 12.2. The van der Waals surface area contributed by atoms with Gasteiger partial charge in [-0.25, -0.2) is 4.79 Å². The predicted molar refractivity (Wildman–Crippen MR) is 74.5 cm³/mol. The van der Waals surface area contributed by atoms with E-state index in [1.807, 2.05) is 13.8 Å². The number of hydrogen-bond acceptors (Lipinski definition) is 5. The minimum atomic E-state index is -0.661. The Labute approximate surface area is 118 Å². The Morgan fingerprint density at radius 2 is 2.15 bits per heavy atom. The smallest absolute Gasteiger partial charge is 0.328 e. The highest BCUT2D eigenvalue weighted by Crippen LogP contribution is 2.18. The van der Waals surface area contributed by atoms with Gasteiger partial charge in [0.15, 0.2) is 0 Å². The summed E-state index contributed by atoms with van der Waals surface area (Å²) in [7, 11) is 1.31. The fraction of sp³-hybridized carbons (Fsp3) is 0.643. The van der Waals surface area contributed by atoms with Crippen molar-refractivity contribution in [3.05, 3.63) is 27.9 Å². The van der Waals surface area contributed by atoms with Crippen LogP contribution in [0.3, 0.4) is 0 Å². The van der Waals surface area contributed by atoms with Crippen LogP contribution in [-0.2, 0) is 16.0 Å². The Hall–Kier alpha value is -1.69. The van der Waals surface area contributed by atoms with Crippen molar-refractivity contribution in [1.29, 1.82) is 0 Å². The van der Waals surface area contributed by atoms with Crippen molar-refractivity contribution in [3.8, 4) is 0 Å². The zero-order chi connectivity index (χ0) is 15.3. The molecule has 20 heavy (non-hydrogen) atoms. The molecular formula is C14H22N2O4. The van der Waals surface area contributed by atoms with Crippen LogP contribution in [0.15, 0.2) is 11.0 Å². The van der Waals surface area contributed by atoms with Gasteiger partial charge in [0.05, 0.1) is 12.8 Å². The van der Waals surface area contributed by atoms with Crippen molar-refractivity contribution in [2.24, 2.45) is 5.92 Å². The van der Waals surface area contributed by atoms with Gasteiger partial charge < -0.3 is 9.84 Å². The van der Waals surface area contributed by atoms with E-state index in [9.17, 15) is 9.59 Å². The first-order chi connectivity index (χ1) is 9.40. The van der Waals surface area contributed by atoms with Gasteiger partial charge in [-0.3, -0.25) is 14.3 Å². The third kappa shape index (κ3) is 3.90. The monoisotopic (exact) mass is 282 g/mol. The number of ether oxygens (including phenoxy) is 1. The Morgan fingerprint density at radius 1 is 1.50 bits per heavy atom. The number of carbonyl (C=O) groups excluding carboxylic acids is 1. The number of methoxy groups -OCH3 is 1. The number of carbonyl (C=O) groups is 1. The lowest BCUT2D eigenvalue weighted by Gasteiger charge is -2.20. The number of aromatic nitrogens is 2. The van der Waals surface area contributed by atoms with Gasteiger partial charge in [0.25, 0.3) is 5.56 Å². The van der Waals surface area contributed by atoms with Crippen molar-refractivity contribution in [2.75, 3.05) is 13.7 Å². The molecule has 0 saturated carbocycles. The van der Waals surface area contributed by atoms with E-state index < -0.39 is 12.0 Å². The van der Waals surface area contributed by atoms with Crippen LogP contribution in [0.1, 0.15) is 37.7 Å². The first-order valence-corrected chi connectivity index (χ1v) is 6.68. The van der Waals surface area contributed by atoms with E-state index in [1.165, 1.54) is 17.9 Å². The van der Waals surface area contributed by atoms with Crippen LogP contribution in [0.2, 0.25) is 0 Å². The van der Waals surface area contributed by atoms with Gasteiger partial charge in [-0.15, -0.1) is 0 Å². The molecule has 1 N–H and O–H groups in total. The number of aliphatic hydroxyl groups excluding tert-OH is 1. The van der Waals surface area contributed by atoms with E-state index in [1.54, 1.807) is 6.92 Å². The van der Waals surface area contributed by atoms with Crippen molar-refractivity contribution >= 4 is 5.97 Å².